The Morgan fingerprint density at radius 3 is 2.42 bits per heavy atom. The molecule has 0 aliphatic heterocycles. The van der Waals surface area contributed by atoms with Gasteiger partial charge in [-0.1, -0.05) is 35.5 Å². The minimum absolute atomic E-state index is 0.0752. The van der Waals surface area contributed by atoms with Gasteiger partial charge in [0.25, 0.3) is 10.1 Å². The minimum Gasteiger partial charge on any atom is -0.286 e. The summed E-state index contributed by atoms with van der Waals surface area (Å²) in [6.07, 6.45) is 10.6. The average molecular weight is 304 g/mol. The lowest BCUT2D eigenvalue weighted by Gasteiger charge is -2.06. The van der Waals surface area contributed by atoms with E-state index in [1.165, 1.54) is 11.1 Å². The molecule has 0 amide bonds. The predicted molar refractivity (Wildman–Crippen MR) is 86.1 cm³/mol. The van der Waals surface area contributed by atoms with E-state index < -0.39 is 10.1 Å². The van der Waals surface area contributed by atoms with Crippen molar-refractivity contribution in [2.24, 2.45) is 0 Å². The quantitative estimate of drug-likeness (QED) is 0.422. The van der Waals surface area contributed by atoms with Gasteiger partial charge in [0.15, 0.2) is 0 Å². The molecule has 0 aromatic heterocycles. The zero-order valence-corrected chi connectivity index (χ0v) is 13.9. The van der Waals surface area contributed by atoms with Crippen molar-refractivity contribution in [2.75, 3.05) is 5.75 Å². The Kier molecular flexibility index (Phi) is 9.24. The van der Waals surface area contributed by atoms with Gasteiger partial charge in [-0.2, -0.15) is 8.42 Å². The van der Waals surface area contributed by atoms with Gasteiger partial charge in [0.2, 0.25) is 0 Å². The van der Waals surface area contributed by atoms with E-state index in [1.807, 2.05) is 26.0 Å². The third-order valence-corrected chi connectivity index (χ3v) is 3.93. The molecule has 0 radical (unpaired) electrons. The summed E-state index contributed by atoms with van der Waals surface area (Å²) in [5.74, 6) is -0.193. The van der Waals surface area contributed by atoms with Gasteiger partial charge in [-0.15, -0.1) is 9.24 Å². The fraction of sp³-hybridized carbons (Fsp3) is 0.571. The SMILES string of the molecule is C/C=C\C/C(C)=C/C/C(C)=C\C(P)CCS(=O)(=O)O. The van der Waals surface area contributed by atoms with Crippen LogP contribution in [0.2, 0.25) is 0 Å². The maximum atomic E-state index is 10.6. The highest BCUT2D eigenvalue weighted by atomic mass is 32.2. The molecule has 0 spiro atoms. The zero-order valence-electron chi connectivity index (χ0n) is 12.0. The molecule has 110 valence electrons. The van der Waals surface area contributed by atoms with E-state index in [0.29, 0.717) is 6.42 Å². The lowest BCUT2D eigenvalue weighted by Crippen LogP contribution is -2.08. The lowest BCUT2D eigenvalue weighted by atomic mass is 10.1. The summed E-state index contributed by atoms with van der Waals surface area (Å²) >= 11 is 0. The van der Waals surface area contributed by atoms with Crippen LogP contribution in [0, 0.1) is 0 Å². The average Bonchev–Trinajstić information content (AvgIpc) is 2.30. The number of allylic oxidation sites excluding steroid dienone is 6. The zero-order chi connectivity index (χ0) is 14.9. The van der Waals surface area contributed by atoms with Gasteiger partial charge in [-0.25, -0.2) is 0 Å². The predicted octanol–water partition coefficient (Wildman–Crippen LogP) is 3.76. The van der Waals surface area contributed by atoms with Crippen LogP contribution >= 0.6 is 9.24 Å². The second-order valence-electron chi connectivity index (χ2n) is 4.78. The fourth-order valence-corrected chi connectivity index (χ4v) is 2.83. The van der Waals surface area contributed by atoms with Crippen LogP contribution in [-0.2, 0) is 10.1 Å². The van der Waals surface area contributed by atoms with E-state index in [2.05, 4.69) is 28.3 Å². The molecule has 0 aromatic rings. The van der Waals surface area contributed by atoms with Crippen LogP contribution in [0.4, 0.5) is 0 Å². The molecule has 0 aliphatic rings. The minimum atomic E-state index is -3.85. The van der Waals surface area contributed by atoms with Gasteiger partial charge in [-0.3, -0.25) is 4.55 Å². The van der Waals surface area contributed by atoms with Crippen molar-refractivity contribution >= 4 is 19.4 Å². The maximum Gasteiger partial charge on any atom is 0.264 e. The van der Waals surface area contributed by atoms with Crippen molar-refractivity contribution in [1.82, 2.24) is 0 Å². The van der Waals surface area contributed by atoms with Gasteiger partial charge in [0.1, 0.15) is 0 Å². The number of hydrogen-bond acceptors (Lipinski definition) is 2. The first-order valence-corrected chi connectivity index (χ1v) is 8.67. The molecule has 0 aromatic carbocycles. The molecule has 3 nitrogen and oxygen atoms in total. The highest BCUT2D eigenvalue weighted by Gasteiger charge is 2.07. The summed E-state index contributed by atoms with van der Waals surface area (Å²) in [6.45, 7) is 6.14. The van der Waals surface area contributed by atoms with Gasteiger partial charge in [-0.05, 0) is 45.7 Å². The molecule has 0 aliphatic carbocycles. The van der Waals surface area contributed by atoms with Crippen molar-refractivity contribution in [3.05, 3.63) is 35.5 Å². The second-order valence-corrected chi connectivity index (χ2v) is 7.21. The summed E-state index contributed by atoms with van der Waals surface area (Å²) in [6, 6.07) is 0. The van der Waals surface area contributed by atoms with E-state index in [4.69, 9.17) is 4.55 Å². The van der Waals surface area contributed by atoms with Crippen molar-refractivity contribution < 1.29 is 13.0 Å². The van der Waals surface area contributed by atoms with Crippen LogP contribution in [-0.4, -0.2) is 24.4 Å². The molecular weight excluding hydrogens is 279 g/mol. The Balaban J connectivity index is 4.25. The first-order chi connectivity index (χ1) is 8.74. The topological polar surface area (TPSA) is 54.4 Å². The molecular formula is C14H25O3PS. The molecule has 0 rings (SSSR count). The summed E-state index contributed by atoms with van der Waals surface area (Å²) in [7, 11) is -1.25. The van der Waals surface area contributed by atoms with E-state index in [1.54, 1.807) is 0 Å². The maximum absolute atomic E-state index is 10.6. The normalized spacial score (nSPS) is 16.1. The van der Waals surface area contributed by atoms with Crippen LogP contribution in [0.1, 0.15) is 40.0 Å². The summed E-state index contributed by atoms with van der Waals surface area (Å²) < 4.78 is 30.0. The fourth-order valence-electron chi connectivity index (χ4n) is 1.52. The monoisotopic (exact) mass is 304 g/mol. The molecule has 5 heteroatoms. The van der Waals surface area contributed by atoms with Gasteiger partial charge in [0.05, 0.1) is 5.75 Å². The Morgan fingerprint density at radius 1 is 1.26 bits per heavy atom. The summed E-state index contributed by atoms with van der Waals surface area (Å²) in [5.41, 5.74) is 2.60. The molecule has 19 heavy (non-hydrogen) atoms. The van der Waals surface area contributed by atoms with Crippen LogP contribution in [0.3, 0.4) is 0 Å². The Morgan fingerprint density at radius 2 is 1.89 bits per heavy atom. The molecule has 2 atom stereocenters. The molecule has 1 N–H and O–H groups in total. The number of hydrogen-bond donors (Lipinski definition) is 1. The first kappa shape index (κ1) is 18.6. The Labute approximate surface area is 119 Å². The molecule has 0 bridgehead atoms. The standard InChI is InChI=1S/C14H25O3PS/c1-4-5-6-12(2)7-8-13(3)11-14(18)9-10-19(15,16)17/h4-5,7,11,14H,6,8-10,18H2,1-3H3,(H,15,16,17)/b5-4-,12-7+,13-11-. The third-order valence-electron chi connectivity index (χ3n) is 2.66. The molecule has 2 unspecified atom stereocenters. The van der Waals surface area contributed by atoms with Crippen LogP contribution in [0.15, 0.2) is 35.5 Å². The second kappa shape index (κ2) is 9.46. The van der Waals surface area contributed by atoms with Crippen molar-refractivity contribution in [2.45, 2.75) is 45.7 Å². The lowest BCUT2D eigenvalue weighted by molar-refractivity contribution is 0.481. The van der Waals surface area contributed by atoms with Crippen LogP contribution in [0.5, 0.6) is 0 Å². The van der Waals surface area contributed by atoms with Crippen LogP contribution < -0.4 is 0 Å². The van der Waals surface area contributed by atoms with E-state index in [0.717, 1.165) is 12.8 Å². The molecule has 0 saturated carbocycles. The van der Waals surface area contributed by atoms with Gasteiger partial charge >= 0.3 is 0 Å². The molecule has 0 fully saturated rings. The van der Waals surface area contributed by atoms with Gasteiger partial charge < -0.3 is 0 Å². The first-order valence-electron chi connectivity index (χ1n) is 6.39. The van der Waals surface area contributed by atoms with Crippen molar-refractivity contribution in [1.29, 1.82) is 0 Å². The highest BCUT2D eigenvalue weighted by molar-refractivity contribution is 7.85. The summed E-state index contributed by atoms with van der Waals surface area (Å²) in [4.78, 5) is 0. The van der Waals surface area contributed by atoms with E-state index in [-0.39, 0.29) is 11.4 Å². The van der Waals surface area contributed by atoms with Crippen molar-refractivity contribution in [3.63, 3.8) is 0 Å². The summed E-state index contributed by atoms with van der Waals surface area (Å²) in [5, 5.41) is 0. The molecule has 0 heterocycles. The Bertz CT molecular complexity index is 447. The Hall–Kier alpha value is -0.440. The smallest absolute Gasteiger partial charge is 0.264 e. The largest absolute Gasteiger partial charge is 0.286 e. The highest BCUT2D eigenvalue weighted by Crippen LogP contribution is 2.14. The van der Waals surface area contributed by atoms with Crippen LogP contribution in [0.25, 0.3) is 0 Å². The number of rotatable bonds is 8. The van der Waals surface area contributed by atoms with Crippen molar-refractivity contribution in [3.8, 4) is 0 Å². The van der Waals surface area contributed by atoms with E-state index >= 15 is 0 Å². The van der Waals surface area contributed by atoms with Gasteiger partial charge in [0, 0.05) is 0 Å². The molecule has 0 saturated heterocycles. The van der Waals surface area contributed by atoms with E-state index in [9.17, 15) is 8.42 Å². The third kappa shape index (κ3) is 12.3.